The lowest BCUT2D eigenvalue weighted by Crippen LogP contribution is -2.44. The van der Waals surface area contributed by atoms with Gasteiger partial charge in [0.1, 0.15) is 12.4 Å². The van der Waals surface area contributed by atoms with E-state index in [4.69, 9.17) is 4.74 Å². The molecule has 1 saturated heterocycles. The first-order valence-corrected chi connectivity index (χ1v) is 6.07. The summed E-state index contributed by atoms with van der Waals surface area (Å²) in [4.78, 5) is 4.74. The molecular formula is C14H20N2O. The molecule has 1 aromatic rings. The Morgan fingerprint density at radius 2 is 1.94 bits per heavy atom. The van der Waals surface area contributed by atoms with E-state index < -0.39 is 0 Å². The zero-order valence-corrected chi connectivity index (χ0v) is 10.4. The van der Waals surface area contributed by atoms with Crippen LogP contribution in [0.5, 0.6) is 5.75 Å². The molecule has 2 rings (SSSR count). The van der Waals surface area contributed by atoms with Gasteiger partial charge < -0.3 is 14.5 Å². The Labute approximate surface area is 103 Å². The first-order valence-electron chi connectivity index (χ1n) is 6.07. The van der Waals surface area contributed by atoms with E-state index in [-0.39, 0.29) is 0 Å². The highest BCUT2D eigenvalue weighted by atomic mass is 16.5. The molecule has 1 fully saturated rings. The maximum absolute atomic E-state index is 5.69. The number of nitrogens with zero attached hydrogens (tertiary/aromatic N) is 2. The van der Waals surface area contributed by atoms with E-state index in [1.54, 1.807) is 6.08 Å². The third-order valence-electron chi connectivity index (χ3n) is 3.07. The average Bonchev–Trinajstić information content (AvgIpc) is 2.38. The molecule has 0 aliphatic carbocycles. The van der Waals surface area contributed by atoms with Crippen LogP contribution in [0.15, 0.2) is 36.9 Å². The molecule has 17 heavy (non-hydrogen) atoms. The summed E-state index contributed by atoms with van der Waals surface area (Å²) in [5, 5.41) is 0. The molecule has 0 N–H and O–H groups in total. The highest BCUT2D eigenvalue weighted by Gasteiger charge is 2.16. The lowest BCUT2D eigenvalue weighted by Gasteiger charge is -2.34. The zero-order valence-electron chi connectivity index (χ0n) is 10.4. The normalized spacial score (nSPS) is 16.9. The van der Waals surface area contributed by atoms with Gasteiger partial charge in [-0.2, -0.15) is 0 Å². The third kappa shape index (κ3) is 3.01. The quantitative estimate of drug-likeness (QED) is 0.739. The van der Waals surface area contributed by atoms with Gasteiger partial charge in [0, 0.05) is 26.2 Å². The van der Waals surface area contributed by atoms with Crippen molar-refractivity contribution in [2.45, 2.75) is 0 Å². The van der Waals surface area contributed by atoms with E-state index in [9.17, 15) is 0 Å². The lowest BCUT2D eigenvalue weighted by molar-refractivity contribution is 0.309. The molecule has 0 atom stereocenters. The van der Waals surface area contributed by atoms with Crippen molar-refractivity contribution in [1.29, 1.82) is 0 Å². The second-order valence-corrected chi connectivity index (χ2v) is 4.36. The molecule has 1 aliphatic heterocycles. The summed E-state index contributed by atoms with van der Waals surface area (Å²) in [6, 6.07) is 8.23. The number of benzene rings is 1. The second kappa shape index (κ2) is 5.73. The minimum Gasteiger partial charge on any atom is -0.487 e. The van der Waals surface area contributed by atoms with Crippen LogP contribution in [0, 0.1) is 0 Å². The number of likely N-dealkylation sites (N-methyl/N-ethyl adjacent to an activating group) is 1. The molecule has 0 amide bonds. The molecule has 1 aromatic carbocycles. The van der Waals surface area contributed by atoms with E-state index in [0.29, 0.717) is 6.61 Å². The molecule has 0 bridgehead atoms. The number of piperazine rings is 1. The minimum absolute atomic E-state index is 0.560. The van der Waals surface area contributed by atoms with E-state index in [0.717, 1.165) is 31.9 Å². The van der Waals surface area contributed by atoms with Crippen molar-refractivity contribution in [1.82, 2.24) is 4.90 Å². The Bertz CT molecular complexity index is 370. The van der Waals surface area contributed by atoms with Gasteiger partial charge in [-0.1, -0.05) is 24.8 Å². The van der Waals surface area contributed by atoms with Gasteiger partial charge in [0.05, 0.1) is 5.69 Å². The van der Waals surface area contributed by atoms with Crippen LogP contribution in [0.4, 0.5) is 5.69 Å². The van der Waals surface area contributed by atoms with Crippen LogP contribution < -0.4 is 9.64 Å². The van der Waals surface area contributed by atoms with Gasteiger partial charge in [-0.25, -0.2) is 0 Å². The number of para-hydroxylation sites is 2. The molecule has 3 heteroatoms. The van der Waals surface area contributed by atoms with Gasteiger partial charge in [-0.05, 0) is 19.2 Å². The van der Waals surface area contributed by atoms with E-state index in [2.05, 4.69) is 35.6 Å². The van der Waals surface area contributed by atoms with Crippen LogP contribution in [0.25, 0.3) is 0 Å². The smallest absolute Gasteiger partial charge is 0.143 e. The molecule has 92 valence electrons. The molecular weight excluding hydrogens is 212 g/mol. The van der Waals surface area contributed by atoms with Crippen molar-refractivity contribution in [3.8, 4) is 5.75 Å². The van der Waals surface area contributed by atoms with Crippen LogP contribution >= 0.6 is 0 Å². The zero-order chi connectivity index (χ0) is 12.1. The molecule has 0 aromatic heterocycles. The minimum atomic E-state index is 0.560. The van der Waals surface area contributed by atoms with Gasteiger partial charge in [0.25, 0.3) is 0 Å². The number of hydrogen-bond acceptors (Lipinski definition) is 3. The largest absolute Gasteiger partial charge is 0.487 e. The fourth-order valence-electron chi connectivity index (χ4n) is 2.04. The van der Waals surface area contributed by atoms with Crippen LogP contribution in [-0.4, -0.2) is 44.7 Å². The summed E-state index contributed by atoms with van der Waals surface area (Å²) in [7, 11) is 2.16. The second-order valence-electron chi connectivity index (χ2n) is 4.36. The predicted octanol–water partition coefficient (Wildman–Crippen LogP) is 2.00. The summed E-state index contributed by atoms with van der Waals surface area (Å²) < 4.78 is 5.69. The Balaban J connectivity index is 2.10. The van der Waals surface area contributed by atoms with E-state index in [1.807, 2.05) is 12.1 Å². The van der Waals surface area contributed by atoms with Crippen molar-refractivity contribution >= 4 is 5.69 Å². The van der Waals surface area contributed by atoms with Crippen LogP contribution in [0.1, 0.15) is 0 Å². The fourth-order valence-corrected chi connectivity index (χ4v) is 2.04. The molecule has 3 nitrogen and oxygen atoms in total. The predicted molar refractivity (Wildman–Crippen MR) is 71.8 cm³/mol. The highest BCUT2D eigenvalue weighted by Crippen LogP contribution is 2.28. The first kappa shape index (κ1) is 12.0. The van der Waals surface area contributed by atoms with Gasteiger partial charge in [-0.3, -0.25) is 0 Å². The molecule has 1 aliphatic rings. The first-order chi connectivity index (χ1) is 8.31. The average molecular weight is 232 g/mol. The summed E-state index contributed by atoms with van der Waals surface area (Å²) in [6.07, 6.45) is 1.78. The summed E-state index contributed by atoms with van der Waals surface area (Å²) in [5.74, 6) is 0.956. The molecule has 0 unspecified atom stereocenters. The number of anilines is 1. The fraction of sp³-hybridized carbons (Fsp3) is 0.429. The topological polar surface area (TPSA) is 15.7 Å². The standard InChI is InChI=1S/C14H20N2O/c1-3-12-17-14-7-5-4-6-13(14)16-10-8-15(2)9-11-16/h3-7H,1,8-12H2,2H3. The summed E-state index contributed by atoms with van der Waals surface area (Å²) in [5.41, 5.74) is 1.20. The van der Waals surface area contributed by atoms with E-state index in [1.165, 1.54) is 5.69 Å². The Morgan fingerprint density at radius 3 is 2.65 bits per heavy atom. The maximum atomic E-state index is 5.69. The number of rotatable bonds is 4. The summed E-state index contributed by atoms with van der Waals surface area (Å²) in [6.45, 7) is 8.58. The van der Waals surface area contributed by atoms with Crippen molar-refractivity contribution in [2.75, 3.05) is 44.7 Å². The molecule has 0 saturated carbocycles. The van der Waals surface area contributed by atoms with Crippen molar-refractivity contribution in [3.05, 3.63) is 36.9 Å². The Hall–Kier alpha value is -1.48. The van der Waals surface area contributed by atoms with Crippen LogP contribution in [0.2, 0.25) is 0 Å². The monoisotopic (exact) mass is 232 g/mol. The highest BCUT2D eigenvalue weighted by molar-refractivity contribution is 5.58. The summed E-state index contributed by atoms with van der Waals surface area (Å²) >= 11 is 0. The maximum Gasteiger partial charge on any atom is 0.143 e. The number of ether oxygens (including phenoxy) is 1. The lowest BCUT2D eigenvalue weighted by atomic mass is 10.2. The van der Waals surface area contributed by atoms with E-state index >= 15 is 0 Å². The van der Waals surface area contributed by atoms with Crippen LogP contribution in [0.3, 0.4) is 0 Å². The molecule has 1 heterocycles. The Kier molecular flexibility index (Phi) is 4.04. The van der Waals surface area contributed by atoms with Gasteiger partial charge in [-0.15, -0.1) is 0 Å². The van der Waals surface area contributed by atoms with Crippen molar-refractivity contribution < 1.29 is 4.74 Å². The van der Waals surface area contributed by atoms with Gasteiger partial charge in [0.2, 0.25) is 0 Å². The van der Waals surface area contributed by atoms with Crippen molar-refractivity contribution in [2.24, 2.45) is 0 Å². The van der Waals surface area contributed by atoms with Crippen LogP contribution in [-0.2, 0) is 0 Å². The number of hydrogen-bond donors (Lipinski definition) is 0. The molecule has 0 spiro atoms. The molecule has 0 radical (unpaired) electrons. The third-order valence-corrected chi connectivity index (χ3v) is 3.07. The Morgan fingerprint density at radius 1 is 1.24 bits per heavy atom. The van der Waals surface area contributed by atoms with Gasteiger partial charge >= 0.3 is 0 Å². The van der Waals surface area contributed by atoms with Crippen molar-refractivity contribution in [3.63, 3.8) is 0 Å². The van der Waals surface area contributed by atoms with Gasteiger partial charge in [0.15, 0.2) is 0 Å². The SMILES string of the molecule is C=CCOc1ccccc1N1CCN(C)CC1.